The molecule has 0 unspecified atom stereocenters. The van der Waals surface area contributed by atoms with E-state index in [4.69, 9.17) is 10.5 Å². The summed E-state index contributed by atoms with van der Waals surface area (Å²) in [5.41, 5.74) is 5.10. The van der Waals surface area contributed by atoms with Gasteiger partial charge in [0.1, 0.15) is 0 Å². The second-order valence-corrected chi connectivity index (χ2v) is 4.77. The number of nitrogens with two attached hydrogens (primary N) is 1. The van der Waals surface area contributed by atoms with Crippen molar-refractivity contribution in [3.8, 4) is 0 Å². The van der Waals surface area contributed by atoms with Gasteiger partial charge >= 0.3 is 0 Å². The van der Waals surface area contributed by atoms with Crippen LogP contribution < -0.4 is 11.1 Å². The van der Waals surface area contributed by atoms with Gasteiger partial charge in [-0.3, -0.25) is 9.59 Å². The van der Waals surface area contributed by atoms with Gasteiger partial charge in [0.25, 0.3) is 0 Å². The molecule has 0 rings (SSSR count). The SMILES string of the molecule is CC(C)CCCOCCCC(=O)CNC(=O)CN. The zero-order valence-electron chi connectivity index (χ0n) is 11.5. The Morgan fingerprint density at radius 1 is 1.22 bits per heavy atom. The quantitative estimate of drug-likeness (QED) is 0.539. The van der Waals surface area contributed by atoms with Gasteiger partial charge < -0.3 is 15.8 Å². The summed E-state index contributed by atoms with van der Waals surface area (Å²) in [6, 6.07) is 0. The van der Waals surface area contributed by atoms with Crippen LogP contribution in [-0.4, -0.2) is 38.0 Å². The predicted octanol–water partition coefficient (Wildman–Crippen LogP) is 0.863. The summed E-state index contributed by atoms with van der Waals surface area (Å²) in [5, 5.41) is 2.45. The fourth-order valence-electron chi connectivity index (χ4n) is 1.42. The molecule has 0 aromatic heterocycles. The van der Waals surface area contributed by atoms with Crippen LogP contribution >= 0.6 is 0 Å². The van der Waals surface area contributed by atoms with Crippen LogP contribution in [0.4, 0.5) is 0 Å². The van der Waals surface area contributed by atoms with Gasteiger partial charge in [0, 0.05) is 19.6 Å². The molecule has 0 radical (unpaired) electrons. The Labute approximate surface area is 109 Å². The highest BCUT2D eigenvalue weighted by atomic mass is 16.5. The highest BCUT2D eigenvalue weighted by Crippen LogP contribution is 2.03. The fourth-order valence-corrected chi connectivity index (χ4v) is 1.42. The molecule has 0 aromatic carbocycles. The third-order valence-corrected chi connectivity index (χ3v) is 2.48. The number of Topliss-reactive ketones (excluding diaryl/α,β-unsaturated/α-hetero) is 1. The highest BCUT2D eigenvalue weighted by Gasteiger charge is 2.04. The van der Waals surface area contributed by atoms with Crippen LogP contribution in [0, 0.1) is 5.92 Å². The first-order valence-electron chi connectivity index (χ1n) is 6.62. The molecule has 0 saturated heterocycles. The molecule has 5 heteroatoms. The molecule has 0 fully saturated rings. The minimum Gasteiger partial charge on any atom is -0.381 e. The summed E-state index contributed by atoms with van der Waals surface area (Å²) in [7, 11) is 0. The largest absolute Gasteiger partial charge is 0.381 e. The van der Waals surface area contributed by atoms with Crippen molar-refractivity contribution in [1.82, 2.24) is 5.32 Å². The lowest BCUT2D eigenvalue weighted by Crippen LogP contribution is -2.34. The van der Waals surface area contributed by atoms with Gasteiger partial charge in [-0.05, 0) is 25.2 Å². The van der Waals surface area contributed by atoms with Crippen molar-refractivity contribution >= 4 is 11.7 Å². The number of hydrogen-bond acceptors (Lipinski definition) is 4. The van der Waals surface area contributed by atoms with Gasteiger partial charge in [-0.2, -0.15) is 0 Å². The average Bonchev–Trinajstić information content (AvgIpc) is 2.34. The molecule has 0 saturated carbocycles. The summed E-state index contributed by atoms with van der Waals surface area (Å²) >= 11 is 0. The van der Waals surface area contributed by atoms with Crippen molar-refractivity contribution in [2.75, 3.05) is 26.3 Å². The van der Waals surface area contributed by atoms with E-state index in [9.17, 15) is 9.59 Å². The summed E-state index contributed by atoms with van der Waals surface area (Å²) in [6.45, 7) is 5.74. The number of hydrogen-bond donors (Lipinski definition) is 2. The maximum atomic E-state index is 11.3. The van der Waals surface area contributed by atoms with Crippen molar-refractivity contribution < 1.29 is 14.3 Å². The van der Waals surface area contributed by atoms with Gasteiger partial charge in [-0.25, -0.2) is 0 Å². The molecule has 0 aliphatic rings. The van der Waals surface area contributed by atoms with E-state index in [1.807, 2.05) is 0 Å². The normalized spacial score (nSPS) is 10.7. The van der Waals surface area contributed by atoms with E-state index in [-0.39, 0.29) is 24.8 Å². The molecule has 106 valence electrons. The van der Waals surface area contributed by atoms with Crippen LogP contribution in [0.5, 0.6) is 0 Å². The second kappa shape index (κ2) is 11.2. The molecule has 0 bridgehead atoms. The zero-order chi connectivity index (χ0) is 13.8. The molecule has 5 nitrogen and oxygen atoms in total. The second-order valence-electron chi connectivity index (χ2n) is 4.77. The molecular weight excluding hydrogens is 232 g/mol. The van der Waals surface area contributed by atoms with Gasteiger partial charge in [0.2, 0.25) is 5.91 Å². The van der Waals surface area contributed by atoms with Crippen LogP contribution in [0.1, 0.15) is 39.5 Å². The molecule has 3 N–H and O–H groups in total. The Hall–Kier alpha value is -0.940. The van der Waals surface area contributed by atoms with Crippen LogP contribution in [0.3, 0.4) is 0 Å². The van der Waals surface area contributed by atoms with E-state index >= 15 is 0 Å². The number of ether oxygens (including phenoxy) is 1. The molecule has 0 heterocycles. The summed E-state index contributed by atoms with van der Waals surface area (Å²) in [4.78, 5) is 22.1. The monoisotopic (exact) mass is 258 g/mol. The van der Waals surface area contributed by atoms with Crippen molar-refractivity contribution in [3.05, 3.63) is 0 Å². The third-order valence-electron chi connectivity index (χ3n) is 2.48. The molecule has 18 heavy (non-hydrogen) atoms. The first-order valence-corrected chi connectivity index (χ1v) is 6.62. The molecule has 0 aliphatic carbocycles. The third kappa shape index (κ3) is 11.5. The molecule has 0 aliphatic heterocycles. The topological polar surface area (TPSA) is 81.4 Å². The zero-order valence-corrected chi connectivity index (χ0v) is 11.5. The van der Waals surface area contributed by atoms with Crippen LogP contribution in [0.25, 0.3) is 0 Å². The van der Waals surface area contributed by atoms with E-state index in [1.165, 1.54) is 6.42 Å². The van der Waals surface area contributed by atoms with Gasteiger partial charge in [-0.1, -0.05) is 13.8 Å². The van der Waals surface area contributed by atoms with E-state index in [0.717, 1.165) is 13.0 Å². The standard InChI is InChI=1S/C13H26N2O3/c1-11(2)5-3-7-18-8-4-6-12(16)10-15-13(17)9-14/h11H,3-10,14H2,1-2H3,(H,15,17). The highest BCUT2D eigenvalue weighted by molar-refractivity contribution is 5.86. The minimum absolute atomic E-state index is 0.0163. The number of carbonyl (C=O) groups excluding carboxylic acids is 2. The van der Waals surface area contributed by atoms with E-state index in [2.05, 4.69) is 19.2 Å². The summed E-state index contributed by atoms with van der Waals surface area (Å²) in [5.74, 6) is 0.428. The van der Waals surface area contributed by atoms with E-state index in [1.54, 1.807) is 0 Å². The smallest absolute Gasteiger partial charge is 0.234 e. The number of ketones is 1. The maximum absolute atomic E-state index is 11.3. The fraction of sp³-hybridized carbons (Fsp3) is 0.846. The first-order chi connectivity index (χ1) is 8.56. The average molecular weight is 258 g/mol. The lowest BCUT2D eigenvalue weighted by molar-refractivity contribution is -0.124. The lowest BCUT2D eigenvalue weighted by Gasteiger charge is -2.06. The lowest BCUT2D eigenvalue weighted by atomic mass is 10.1. The Morgan fingerprint density at radius 3 is 2.50 bits per heavy atom. The van der Waals surface area contributed by atoms with Gasteiger partial charge in [-0.15, -0.1) is 0 Å². The molecule has 0 aromatic rings. The molecule has 0 spiro atoms. The predicted molar refractivity (Wildman–Crippen MR) is 71.2 cm³/mol. The van der Waals surface area contributed by atoms with Crippen molar-refractivity contribution in [2.45, 2.75) is 39.5 Å². The van der Waals surface area contributed by atoms with Gasteiger partial charge in [0.05, 0.1) is 13.1 Å². The Kier molecular flexibility index (Phi) is 10.6. The molecule has 0 atom stereocenters. The first kappa shape index (κ1) is 17.1. The van der Waals surface area contributed by atoms with Crippen molar-refractivity contribution in [3.63, 3.8) is 0 Å². The molecular formula is C13H26N2O3. The number of carbonyl (C=O) groups is 2. The van der Waals surface area contributed by atoms with E-state index in [0.29, 0.717) is 25.4 Å². The summed E-state index contributed by atoms with van der Waals surface area (Å²) in [6.07, 6.45) is 3.39. The van der Waals surface area contributed by atoms with Crippen LogP contribution in [0.2, 0.25) is 0 Å². The Bertz CT molecular complexity index is 242. The maximum Gasteiger partial charge on any atom is 0.234 e. The number of amides is 1. The Balaban J connectivity index is 3.28. The number of nitrogens with one attached hydrogen (secondary N) is 1. The van der Waals surface area contributed by atoms with Crippen molar-refractivity contribution in [1.29, 1.82) is 0 Å². The van der Waals surface area contributed by atoms with Crippen LogP contribution in [0.15, 0.2) is 0 Å². The minimum atomic E-state index is -0.298. The Morgan fingerprint density at radius 2 is 1.89 bits per heavy atom. The number of rotatable bonds is 11. The van der Waals surface area contributed by atoms with Gasteiger partial charge in [0.15, 0.2) is 5.78 Å². The van der Waals surface area contributed by atoms with E-state index < -0.39 is 0 Å². The van der Waals surface area contributed by atoms with Crippen LogP contribution in [-0.2, 0) is 14.3 Å². The van der Waals surface area contributed by atoms with Crippen molar-refractivity contribution in [2.24, 2.45) is 11.7 Å². The summed E-state index contributed by atoms with van der Waals surface area (Å²) < 4.78 is 5.42. The molecule has 1 amide bonds.